The van der Waals surface area contributed by atoms with Crippen LogP contribution in [0.2, 0.25) is 0 Å². The van der Waals surface area contributed by atoms with E-state index in [1.807, 2.05) is 32.2 Å². The Bertz CT molecular complexity index is 1200. The number of piperazine rings is 1. The van der Waals surface area contributed by atoms with Crippen LogP contribution >= 0.6 is 0 Å². The Labute approximate surface area is 182 Å². The second kappa shape index (κ2) is 8.27. The Morgan fingerprint density at radius 3 is 2.29 bits per heavy atom. The number of rotatable bonds is 5. The molecule has 0 radical (unpaired) electrons. The lowest BCUT2D eigenvalue weighted by atomic mass is 10.1. The number of aryl methyl sites for hydroxylation is 3. The molecule has 1 aliphatic rings. The van der Waals surface area contributed by atoms with E-state index in [9.17, 15) is 8.42 Å². The van der Waals surface area contributed by atoms with Crippen molar-refractivity contribution in [1.82, 2.24) is 24.1 Å². The summed E-state index contributed by atoms with van der Waals surface area (Å²) in [5.41, 5.74) is 2.38. The van der Waals surface area contributed by atoms with Gasteiger partial charge in [0.15, 0.2) is 5.82 Å². The van der Waals surface area contributed by atoms with Gasteiger partial charge in [0.05, 0.1) is 17.7 Å². The standard InChI is InChI=1S/C21H26N6O3S/c1-15-12-19(16(2)11-18(15)30-4)31(28,29)26-9-7-25(8-10-26)20-13-21(23-14-22-20)27-6-5-17(3)24-27/h5-6,11-14H,7-10H2,1-4H3. The first kappa shape index (κ1) is 21.3. The monoisotopic (exact) mass is 442 g/mol. The molecule has 3 aromatic rings. The molecule has 1 fully saturated rings. The van der Waals surface area contributed by atoms with Gasteiger partial charge in [-0.15, -0.1) is 0 Å². The first-order valence-electron chi connectivity index (χ1n) is 10.0. The molecule has 0 saturated carbocycles. The van der Waals surface area contributed by atoms with E-state index in [0.29, 0.717) is 48.2 Å². The number of hydrogen-bond donors (Lipinski definition) is 0. The fraction of sp³-hybridized carbons (Fsp3) is 0.381. The Morgan fingerprint density at radius 1 is 0.935 bits per heavy atom. The van der Waals surface area contributed by atoms with Crippen LogP contribution in [0.4, 0.5) is 5.82 Å². The van der Waals surface area contributed by atoms with Crippen molar-refractivity contribution >= 4 is 15.8 Å². The summed E-state index contributed by atoms with van der Waals surface area (Å²) < 4.78 is 35.1. The second-order valence-corrected chi connectivity index (χ2v) is 9.52. The predicted molar refractivity (Wildman–Crippen MR) is 117 cm³/mol. The summed E-state index contributed by atoms with van der Waals surface area (Å²) in [4.78, 5) is 11.1. The van der Waals surface area contributed by atoms with Gasteiger partial charge in [0.2, 0.25) is 10.0 Å². The van der Waals surface area contributed by atoms with Gasteiger partial charge in [0, 0.05) is 38.4 Å². The van der Waals surface area contributed by atoms with Crippen molar-refractivity contribution in [3.05, 3.63) is 53.6 Å². The molecule has 0 N–H and O–H groups in total. The van der Waals surface area contributed by atoms with E-state index in [2.05, 4.69) is 20.0 Å². The van der Waals surface area contributed by atoms with Gasteiger partial charge >= 0.3 is 0 Å². The maximum absolute atomic E-state index is 13.3. The molecule has 0 aliphatic carbocycles. The number of ether oxygens (including phenoxy) is 1. The number of anilines is 1. The number of methoxy groups -OCH3 is 1. The average molecular weight is 443 g/mol. The first-order valence-corrected chi connectivity index (χ1v) is 11.5. The van der Waals surface area contributed by atoms with Crippen molar-refractivity contribution in [2.24, 2.45) is 0 Å². The van der Waals surface area contributed by atoms with Crippen LogP contribution in [0.25, 0.3) is 5.82 Å². The van der Waals surface area contributed by atoms with Crippen LogP contribution in [0.3, 0.4) is 0 Å². The van der Waals surface area contributed by atoms with E-state index in [1.54, 1.807) is 30.8 Å². The Hall–Kier alpha value is -2.98. The van der Waals surface area contributed by atoms with Crippen LogP contribution in [0.5, 0.6) is 5.75 Å². The highest BCUT2D eigenvalue weighted by Gasteiger charge is 2.30. The third kappa shape index (κ3) is 4.13. The van der Waals surface area contributed by atoms with E-state index in [-0.39, 0.29) is 0 Å². The molecule has 4 rings (SSSR count). The van der Waals surface area contributed by atoms with Gasteiger partial charge in [-0.05, 0) is 50.1 Å². The zero-order valence-electron chi connectivity index (χ0n) is 18.1. The quantitative estimate of drug-likeness (QED) is 0.597. The Kier molecular flexibility index (Phi) is 5.67. The summed E-state index contributed by atoms with van der Waals surface area (Å²) in [6.07, 6.45) is 3.36. The summed E-state index contributed by atoms with van der Waals surface area (Å²) in [7, 11) is -2.01. The average Bonchev–Trinajstić information content (AvgIpc) is 3.21. The fourth-order valence-electron chi connectivity index (χ4n) is 3.74. The molecule has 164 valence electrons. The minimum Gasteiger partial charge on any atom is -0.496 e. The minimum atomic E-state index is -3.59. The molecule has 1 saturated heterocycles. The molecule has 1 aromatic carbocycles. The van der Waals surface area contributed by atoms with Crippen molar-refractivity contribution < 1.29 is 13.2 Å². The zero-order chi connectivity index (χ0) is 22.2. The zero-order valence-corrected chi connectivity index (χ0v) is 18.9. The summed E-state index contributed by atoms with van der Waals surface area (Å²) in [6.45, 7) is 7.42. The van der Waals surface area contributed by atoms with Gasteiger partial charge in [-0.1, -0.05) is 0 Å². The molecule has 0 amide bonds. The van der Waals surface area contributed by atoms with Gasteiger partial charge in [0.1, 0.15) is 17.9 Å². The number of aromatic nitrogens is 4. The third-order valence-corrected chi connectivity index (χ3v) is 7.51. The summed E-state index contributed by atoms with van der Waals surface area (Å²) >= 11 is 0. The van der Waals surface area contributed by atoms with E-state index in [1.165, 1.54) is 10.6 Å². The highest BCUT2D eigenvalue weighted by molar-refractivity contribution is 7.89. The topological polar surface area (TPSA) is 93.5 Å². The first-order chi connectivity index (χ1) is 14.8. The van der Waals surface area contributed by atoms with Crippen LogP contribution in [-0.2, 0) is 10.0 Å². The van der Waals surface area contributed by atoms with Gasteiger partial charge < -0.3 is 9.64 Å². The van der Waals surface area contributed by atoms with Gasteiger partial charge in [-0.3, -0.25) is 0 Å². The summed E-state index contributed by atoms with van der Waals surface area (Å²) in [5.74, 6) is 2.12. The molecule has 0 unspecified atom stereocenters. The molecule has 2 aromatic heterocycles. The van der Waals surface area contributed by atoms with E-state index in [0.717, 1.165) is 17.1 Å². The van der Waals surface area contributed by atoms with Crippen molar-refractivity contribution in [3.8, 4) is 11.6 Å². The van der Waals surface area contributed by atoms with E-state index < -0.39 is 10.0 Å². The molecule has 31 heavy (non-hydrogen) atoms. The van der Waals surface area contributed by atoms with E-state index >= 15 is 0 Å². The third-order valence-electron chi connectivity index (χ3n) is 5.47. The van der Waals surface area contributed by atoms with Crippen LogP contribution in [0, 0.1) is 20.8 Å². The number of sulfonamides is 1. The Morgan fingerprint density at radius 2 is 1.65 bits per heavy atom. The van der Waals surface area contributed by atoms with Crippen LogP contribution < -0.4 is 9.64 Å². The van der Waals surface area contributed by atoms with Crippen molar-refractivity contribution in [1.29, 1.82) is 0 Å². The second-order valence-electron chi connectivity index (χ2n) is 7.61. The SMILES string of the molecule is COc1cc(C)c(S(=O)(=O)N2CCN(c3cc(-n4ccc(C)n4)ncn3)CC2)cc1C. The largest absolute Gasteiger partial charge is 0.496 e. The number of hydrogen-bond acceptors (Lipinski definition) is 7. The van der Waals surface area contributed by atoms with Crippen LogP contribution in [-0.4, -0.2) is 65.8 Å². The Balaban J connectivity index is 1.51. The van der Waals surface area contributed by atoms with Crippen LogP contribution in [0.1, 0.15) is 16.8 Å². The molecule has 9 nitrogen and oxygen atoms in total. The summed E-state index contributed by atoms with van der Waals surface area (Å²) in [5, 5.41) is 4.38. The maximum atomic E-state index is 13.3. The lowest BCUT2D eigenvalue weighted by Crippen LogP contribution is -2.49. The molecule has 0 atom stereocenters. The van der Waals surface area contributed by atoms with Crippen molar-refractivity contribution in [2.45, 2.75) is 25.7 Å². The number of benzene rings is 1. The molecular formula is C21H26N6O3S. The molecule has 10 heteroatoms. The molecule has 0 spiro atoms. The molecule has 3 heterocycles. The van der Waals surface area contributed by atoms with Gasteiger partial charge in [-0.25, -0.2) is 23.1 Å². The molecular weight excluding hydrogens is 416 g/mol. The van der Waals surface area contributed by atoms with Gasteiger partial charge in [0.25, 0.3) is 0 Å². The lowest BCUT2D eigenvalue weighted by Gasteiger charge is -2.35. The predicted octanol–water partition coefficient (Wildman–Crippen LogP) is 2.11. The van der Waals surface area contributed by atoms with Gasteiger partial charge in [-0.2, -0.15) is 9.40 Å². The highest BCUT2D eigenvalue weighted by Crippen LogP contribution is 2.28. The number of nitrogens with zero attached hydrogens (tertiary/aromatic N) is 6. The molecule has 0 bridgehead atoms. The lowest BCUT2D eigenvalue weighted by molar-refractivity contribution is 0.383. The fourth-order valence-corrected chi connectivity index (χ4v) is 5.45. The van der Waals surface area contributed by atoms with E-state index in [4.69, 9.17) is 4.74 Å². The summed E-state index contributed by atoms with van der Waals surface area (Å²) in [6, 6.07) is 7.25. The molecule has 1 aliphatic heterocycles. The van der Waals surface area contributed by atoms with Crippen molar-refractivity contribution in [3.63, 3.8) is 0 Å². The van der Waals surface area contributed by atoms with Crippen LogP contribution in [0.15, 0.2) is 41.7 Å². The normalized spacial score (nSPS) is 15.3. The smallest absolute Gasteiger partial charge is 0.243 e. The minimum absolute atomic E-state index is 0.331. The highest BCUT2D eigenvalue weighted by atomic mass is 32.2. The van der Waals surface area contributed by atoms with Crippen molar-refractivity contribution in [2.75, 3.05) is 38.2 Å². The maximum Gasteiger partial charge on any atom is 0.243 e.